The monoisotopic (exact) mass is 244 g/mol. The van der Waals surface area contributed by atoms with E-state index in [-0.39, 0.29) is 6.20 Å². The van der Waals surface area contributed by atoms with Crippen molar-refractivity contribution in [3.05, 3.63) is 23.5 Å². The molecular weight excluding hydrogens is 240 g/mol. The highest BCUT2D eigenvalue weighted by Crippen LogP contribution is 2.29. The fraction of sp³-hybridized carbons (Fsp3) is 0.167. The highest BCUT2D eigenvalue weighted by molar-refractivity contribution is 7.89. The quantitative estimate of drug-likeness (QED) is 0.621. The largest absolute Gasteiger partial charge is 0.268 e. The number of primary sulfonamides is 1. The summed E-state index contributed by atoms with van der Waals surface area (Å²) in [4.78, 5) is 1.04. The first-order valence-electron chi connectivity index (χ1n) is 3.40. The summed E-state index contributed by atoms with van der Waals surface area (Å²) in [6, 6.07) is 0. The average molecular weight is 244 g/mol. The molecule has 0 aromatic carbocycles. The van der Waals surface area contributed by atoms with E-state index in [4.69, 9.17) is 0 Å². The van der Waals surface area contributed by atoms with E-state index in [0.29, 0.717) is 0 Å². The Kier molecular flexibility index (Phi) is 2.95. The van der Waals surface area contributed by atoms with Crippen molar-refractivity contribution in [3.63, 3.8) is 0 Å². The predicted octanol–water partition coefficient (Wildman–Crippen LogP) is 0.945. The molecule has 0 spiro atoms. The van der Waals surface area contributed by atoms with Gasteiger partial charge in [-0.1, -0.05) is 0 Å². The zero-order valence-corrected chi connectivity index (χ0v) is 7.73. The van der Waals surface area contributed by atoms with Gasteiger partial charge in [-0.15, -0.1) is 0 Å². The molecule has 0 aliphatic heterocycles. The summed E-state index contributed by atoms with van der Waals surface area (Å²) in [5, 5.41) is 4.46. The van der Waals surface area contributed by atoms with Gasteiger partial charge >= 0.3 is 0 Å². The van der Waals surface area contributed by atoms with Crippen molar-refractivity contribution in [3.8, 4) is 0 Å². The van der Waals surface area contributed by atoms with Crippen LogP contribution in [0.4, 0.5) is 17.6 Å². The number of nitrogens with zero attached hydrogens (tertiary/aromatic N) is 1. The number of rotatable bonds is 2. The third-order valence-corrected chi connectivity index (χ3v) is 2.44. The number of hydrogen-bond acceptors (Lipinski definition) is 3. The van der Waals surface area contributed by atoms with Gasteiger partial charge in [-0.2, -0.15) is 4.39 Å². The number of halogens is 4. The number of pyridine rings is 1. The summed E-state index contributed by atoms with van der Waals surface area (Å²) >= 11 is 0. The molecule has 0 radical (unpaired) electrons. The molecule has 0 aliphatic carbocycles. The van der Waals surface area contributed by atoms with Gasteiger partial charge in [-0.3, -0.25) is 0 Å². The Morgan fingerprint density at radius 2 is 1.87 bits per heavy atom. The van der Waals surface area contributed by atoms with Crippen LogP contribution >= 0.6 is 0 Å². The molecule has 0 saturated heterocycles. The number of sulfonamides is 1. The zero-order chi connectivity index (χ0) is 11.8. The van der Waals surface area contributed by atoms with Crippen molar-refractivity contribution in [1.29, 1.82) is 0 Å². The minimum absolute atomic E-state index is 0.158. The van der Waals surface area contributed by atoms with E-state index in [1.54, 1.807) is 0 Å². The summed E-state index contributed by atoms with van der Waals surface area (Å²) in [6.07, 6.45) is -3.35. The summed E-state index contributed by atoms with van der Waals surface area (Å²) in [6.45, 7) is 0. The Hall–Kier alpha value is -1.22. The summed E-state index contributed by atoms with van der Waals surface area (Å²) in [5.74, 6) is -3.38. The molecule has 0 amide bonds. The van der Waals surface area contributed by atoms with Crippen LogP contribution < -0.4 is 5.14 Å². The molecule has 1 heterocycles. The van der Waals surface area contributed by atoms with Gasteiger partial charge in [0, 0.05) is 0 Å². The standard InChI is InChI=1S/C6H4F4N2O2S/c7-2-1-12-6(10)4(15(11,13)14)3(2)5(8)9/h1,5H,(H2,11,13,14). The minimum atomic E-state index is -4.79. The molecule has 0 aliphatic rings. The first kappa shape index (κ1) is 11.9. The van der Waals surface area contributed by atoms with Gasteiger partial charge < -0.3 is 0 Å². The van der Waals surface area contributed by atoms with Crippen LogP contribution in [-0.2, 0) is 10.0 Å². The first-order valence-corrected chi connectivity index (χ1v) is 4.94. The van der Waals surface area contributed by atoms with E-state index in [0.717, 1.165) is 0 Å². The van der Waals surface area contributed by atoms with Crippen molar-refractivity contribution >= 4 is 10.0 Å². The maximum atomic E-state index is 12.8. The van der Waals surface area contributed by atoms with E-state index in [1.807, 2.05) is 0 Å². The average Bonchev–Trinajstić information content (AvgIpc) is 2.05. The number of hydrogen-bond donors (Lipinski definition) is 1. The highest BCUT2D eigenvalue weighted by atomic mass is 32.2. The van der Waals surface area contributed by atoms with Crippen LogP contribution in [0.1, 0.15) is 12.0 Å². The van der Waals surface area contributed by atoms with Crippen LogP contribution in [0.5, 0.6) is 0 Å². The van der Waals surface area contributed by atoms with Gasteiger partial charge in [0.15, 0.2) is 5.82 Å². The van der Waals surface area contributed by atoms with Gasteiger partial charge in [-0.05, 0) is 0 Å². The van der Waals surface area contributed by atoms with Crippen LogP contribution in [0.25, 0.3) is 0 Å². The second kappa shape index (κ2) is 3.74. The normalized spacial score (nSPS) is 12.1. The third kappa shape index (κ3) is 2.23. The second-order valence-corrected chi connectivity index (χ2v) is 3.98. The molecule has 0 bridgehead atoms. The summed E-state index contributed by atoms with van der Waals surface area (Å²) in [5.41, 5.74) is -1.61. The Balaban J connectivity index is 3.68. The Morgan fingerprint density at radius 1 is 1.33 bits per heavy atom. The molecule has 4 nitrogen and oxygen atoms in total. The molecule has 1 rings (SSSR count). The predicted molar refractivity (Wildman–Crippen MR) is 40.5 cm³/mol. The van der Waals surface area contributed by atoms with Crippen molar-refractivity contribution in [1.82, 2.24) is 4.98 Å². The lowest BCUT2D eigenvalue weighted by atomic mass is 10.2. The van der Waals surface area contributed by atoms with Crippen LogP contribution in [-0.4, -0.2) is 13.4 Å². The van der Waals surface area contributed by atoms with E-state index in [2.05, 4.69) is 10.1 Å². The molecule has 2 N–H and O–H groups in total. The van der Waals surface area contributed by atoms with Gasteiger partial charge in [-0.25, -0.2) is 31.7 Å². The number of aromatic nitrogens is 1. The smallest absolute Gasteiger partial charge is 0.224 e. The molecule has 15 heavy (non-hydrogen) atoms. The maximum Gasteiger partial charge on any atom is 0.268 e. The zero-order valence-electron chi connectivity index (χ0n) is 6.92. The fourth-order valence-electron chi connectivity index (χ4n) is 0.935. The van der Waals surface area contributed by atoms with Gasteiger partial charge in [0.25, 0.3) is 6.43 Å². The molecule has 0 atom stereocenters. The number of nitrogens with two attached hydrogens (primary N) is 1. The molecule has 1 aromatic rings. The first-order chi connectivity index (χ1) is 6.75. The topological polar surface area (TPSA) is 73.1 Å². The second-order valence-electron chi connectivity index (χ2n) is 2.49. The van der Waals surface area contributed by atoms with E-state index in [9.17, 15) is 26.0 Å². The molecule has 0 fully saturated rings. The molecule has 84 valence electrons. The van der Waals surface area contributed by atoms with Crippen LogP contribution in [0.3, 0.4) is 0 Å². The third-order valence-electron chi connectivity index (χ3n) is 1.48. The number of alkyl halides is 2. The lowest BCUT2D eigenvalue weighted by molar-refractivity contribution is 0.141. The van der Waals surface area contributed by atoms with Crippen molar-refractivity contribution in [2.45, 2.75) is 11.3 Å². The lowest BCUT2D eigenvalue weighted by Crippen LogP contribution is -2.18. The fourth-order valence-corrected chi connectivity index (χ4v) is 1.72. The summed E-state index contributed by atoms with van der Waals surface area (Å²) in [7, 11) is -4.79. The SMILES string of the molecule is NS(=O)(=O)c1c(F)ncc(F)c1C(F)F. The maximum absolute atomic E-state index is 12.8. The van der Waals surface area contributed by atoms with Crippen LogP contribution in [0.2, 0.25) is 0 Å². The molecule has 0 saturated carbocycles. The summed E-state index contributed by atoms with van der Waals surface area (Å²) < 4.78 is 71.5. The highest BCUT2D eigenvalue weighted by Gasteiger charge is 2.29. The lowest BCUT2D eigenvalue weighted by Gasteiger charge is -2.07. The van der Waals surface area contributed by atoms with Gasteiger partial charge in [0.05, 0.1) is 11.8 Å². The Labute approximate surface area is 81.8 Å². The minimum Gasteiger partial charge on any atom is -0.224 e. The molecular formula is C6H4F4N2O2S. The van der Waals surface area contributed by atoms with E-state index in [1.165, 1.54) is 0 Å². The van der Waals surface area contributed by atoms with Crippen molar-refractivity contribution in [2.24, 2.45) is 5.14 Å². The molecule has 9 heteroatoms. The van der Waals surface area contributed by atoms with Gasteiger partial charge in [0.1, 0.15) is 4.90 Å². The Morgan fingerprint density at radius 3 is 2.20 bits per heavy atom. The Bertz CT molecular complexity index is 488. The van der Waals surface area contributed by atoms with E-state index < -0.39 is 38.7 Å². The van der Waals surface area contributed by atoms with Crippen molar-refractivity contribution < 1.29 is 26.0 Å². The molecule has 1 aromatic heterocycles. The molecule has 0 unspecified atom stereocenters. The van der Waals surface area contributed by atoms with Crippen LogP contribution in [0.15, 0.2) is 11.1 Å². The van der Waals surface area contributed by atoms with E-state index >= 15 is 0 Å². The van der Waals surface area contributed by atoms with Crippen LogP contribution in [0, 0.1) is 11.8 Å². The van der Waals surface area contributed by atoms with Gasteiger partial charge in [0.2, 0.25) is 16.0 Å². The van der Waals surface area contributed by atoms with Crippen molar-refractivity contribution in [2.75, 3.05) is 0 Å².